The normalized spacial score (nSPS) is 12.6. The number of nitrogens with zero attached hydrogens (tertiary/aromatic N) is 2. The van der Waals surface area contributed by atoms with Crippen LogP contribution in [0.2, 0.25) is 0 Å². The van der Waals surface area contributed by atoms with Crippen molar-refractivity contribution in [1.29, 1.82) is 0 Å². The van der Waals surface area contributed by atoms with Crippen LogP contribution in [0.3, 0.4) is 0 Å². The van der Waals surface area contributed by atoms with Crippen LogP contribution in [0.4, 0.5) is 5.82 Å². The van der Waals surface area contributed by atoms with Crippen molar-refractivity contribution in [2.45, 2.75) is 13.0 Å². The van der Waals surface area contributed by atoms with Gasteiger partial charge >= 0.3 is 0 Å². The van der Waals surface area contributed by atoms with Gasteiger partial charge in [0.25, 0.3) is 0 Å². The van der Waals surface area contributed by atoms with Crippen molar-refractivity contribution in [3.05, 3.63) is 23.9 Å². The molecule has 0 saturated carbocycles. The highest BCUT2D eigenvalue weighted by Crippen LogP contribution is 2.23. The third kappa shape index (κ3) is 2.17. The van der Waals surface area contributed by atoms with Gasteiger partial charge < -0.3 is 4.90 Å². The van der Waals surface area contributed by atoms with Crippen LogP contribution < -0.4 is 10.8 Å². The second-order valence-corrected chi connectivity index (χ2v) is 3.09. The fraction of sp³-hybridized carbons (Fsp3) is 0.444. The molecule has 1 unspecified atom stereocenters. The highest BCUT2D eigenvalue weighted by atomic mass is 16.6. The molecule has 13 heavy (non-hydrogen) atoms. The number of aromatic nitrogens is 1. The van der Waals surface area contributed by atoms with Gasteiger partial charge in [-0.25, -0.2) is 10.9 Å². The summed E-state index contributed by atoms with van der Waals surface area (Å²) in [5.41, 5.74) is 0.995. The maximum atomic E-state index is 5.13. The predicted molar refractivity (Wildman–Crippen MR) is 52.3 cm³/mol. The Balaban J connectivity index is 3.04. The second-order valence-electron chi connectivity index (χ2n) is 3.09. The van der Waals surface area contributed by atoms with E-state index in [2.05, 4.69) is 4.98 Å². The number of anilines is 1. The van der Waals surface area contributed by atoms with Crippen LogP contribution in [0.5, 0.6) is 0 Å². The van der Waals surface area contributed by atoms with E-state index < -0.39 is 0 Å². The lowest BCUT2D eigenvalue weighted by atomic mass is 10.1. The minimum Gasteiger partial charge on any atom is -0.362 e. The van der Waals surface area contributed by atoms with E-state index in [-0.39, 0.29) is 6.10 Å². The Kier molecular flexibility index (Phi) is 3.22. The monoisotopic (exact) mass is 181 g/mol. The Bertz CT molecular complexity index is 275. The molecule has 1 aromatic rings. The molecule has 4 heteroatoms. The van der Waals surface area contributed by atoms with Gasteiger partial charge in [-0.2, -0.15) is 0 Å². The largest absolute Gasteiger partial charge is 0.362 e. The van der Waals surface area contributed by atoms with Crippen LogP contribution in [0.1, 0.15) is 18.6 Å². The molecule has 0 saturated heterocycles. The lowest BCUT2D eigenvalue weighted by Crippen LogP contribution is -2.16. The van der Waals surface area contributed by atoms with Crippen LogP contribution >= 0.6 is 0 Å². The SMILES string of the molecule is CC(ON)c1cccnc1N(C)C. The first-order valence-electron chi connectivity index (χ1n) is 4.14. The zero-order chi connectivity index (χ0) is 9.84. The number of hydrogen-bond acceptors (Lipinski definition) is 4. The molecular formula is C9H15N3O. The highest BCUT2D eigenvalue weighted by Gasteiger charge is 2.11. The maximum Gasteiger partial charge on any atom is 0.133 e. The van der Waals surface area contributed by atoms with E-state index in [9.17, 15) is 0 Å². The van der Waals surface area contributed by atoms with E-state index in [4.69, 9.17) is 10.7 Å². The van der Waals surface area contributed by atoms with Crippen LogP contribution in [0.15, 0.2) is 18.3 Å². The maximum absolute atomic E-state index is 5.13. The summed E-state index contributed by atoms with van der Waals surface area (Å²) in [6.45, 7) is 1.89. The molecule has 0 spiro atoms. The van der Waals surface area contributed by atoms with Crippen molar-refractivity contribution in [1.82, 2.24) is 4.98 Å². The minimum absolute atomic E-state index is 0.133. The van der Waals surface area contributed by atoms with E-state index in [1.165, 1.54) is 0 Å². The van der Waals surface area contributed by atoms with Gasteiger partial charge in [0.1, 0.15) is 11.9 Å². The van der Waals surface area contributed by atoms with E-state index >= 15 is 0 Å². The van der Waals surface area contributed by atoms with Crippen LogP contribution in [-0.2, 0) is 4.84 Å². The Hall–Kier alpha value is -1.13. The van der Waals surface area contributed by atoms with Crippen LogP contribution in [0, 0.1) is 0 Å². The lowest BCUT2D eigenvalue weighted by Gasteiger charge is -2.18. The minimum atomic E-state index is -0.133. The third-order valence-electron chi connectivity index (χ3n) is 1.88. The first-order chi connectivity index (χ1) is 6.16. The molecule has 0 aromatic carbocycles. The summed E-state index contributed by atoms with van der Waals surface area (Å²) in [5.74, 6) is 6.02. The number of hydrogen-bond donors (Lipinski definition) is 1. The zero-order valence-corrected chi connectivity index (χ0v) is 8.19. The standard InChI is InChI=1S/C9H15N3O/c1-7(13-10)8-5-4-6-11-9(8)12(2)3/h4-7H,10H2,1-3H3. The molecular weight excluding hydrogens is 166 g/mol. The zero-order valence-electron chi connectivity index (χ0n) is 8.19. The van der Waals surface area contributed by atoms with Gasteiger partial charge in [-0.05, 0) is 13.0 Å². The van der Waals surface area contributed by atoms with E-state index in [1.54, 1.807) is 6.20 Å². The molecule has 1 rings (SSSR count). The summed E-state index contributed by atoms with van der Waals surface area (Å²) in [4.78, 5) is 10.9. The Morgan fingerprint density at radius 3 is 2.77 bits per heavy atom. The van der Waals surface area contributed by atoms with E-state index in [1.807, 2.05) is 38.1 Å². The van der Waals surface area contributed by atoms with Crippen molar-refractivity contribution in [3.63, 3.8) is 0 Å². The second kappa shape index (κ2) is 4.20. The van der Waals surface area contributed by atoms with Crippen LogP contribution in [0.25, 0.3) is 0 Å². The molecule has 4 nitrogen and oxygen atoms in total. The predicted octanol–water partition coefficient (Wildman–Crippen LogP) is 1.10. The molecule has 2 N–H and O–H groups in total. The number of pyridine rings is 1. The van der Waals surface area contributed by atoms with Gasteiger partial charge in [0.05, 0.1) is 0 Å². The fourth-order valence-electron chi connectivity index (χ4n) is 1.17. The van der Waals surface area contributed by atoms with Crippen molar-refractivity contribution >= 4 is 5.82 Å². The molecule has 0 aliphatic carbocycles. The Labute approximate surface area is 78.3 Å². The molecule has 0 bridgehead atoms. The number of rotatable bonds is 3. The molecule has 0 amide bonds. The van der Waals surface area contributed by atoms with Crippen molar-refractivity contribution in [2.24, 2.45) is 5.90 Å². The third-order valence-corrected chi connectivity index (χ3v) is 1.88. The van der Waals surface area contributed by atoms with Gasteiger partial charge in [-0.1, -0.05) is 6.07 Å². The summed E-state index contributed by atoms with van der Waals surface area (Å²) < 4.78 is 0. The van der Waals surface area contributed by atoms with Crippen molar-refractivity contribution in [2.75, 3.05) is 19.0 Å². The highest BCUT2D eigenvalue weighted by molar-refractivity contribution is 5.46. The molecule has 0 aliphatic heterocycles. The van der Waals surface area contributed by atoms with Gasteiger partial charge in [-0.3, -0.25) is 4.84 Å². The molecule has 1 aromatic heterocycles. The average Bonchev–Trinajstić information content (AvgIpc) is 2.16. The van der Waals surface area contributed by atoms with Gasteiger partial charge in [0.15, 0.2) is 0 Å². The molecule has 1 heterocycles. The summed E-state index contributed by atoms with van der Waals surface area (Å²) in [6.07, 6.45) is 1.62. The smallest absolute Gasteiger partial charge is 0.133 e. The molecule has 72 valence electrons. The summed E-state index contributed by atoms with van der Waals surface area (Å²) >= 11 is 0. The van der Waals surface area contributed by atoms with Gasteiger partial charge in [0.2, 0.25) is 0 Å². The molecule has 0 fully saturated rings. The number of nitrogens with two attached hydrogens (primary N) is 1. The van der Waals surface area contributed by atoms with Gasteiger partial charge in [0, 0.05) is 25.9 Å². The Morgan fingerprint density at radius 1 is 1.54 bits per heavy atom. The first-order valence-corrected chi connectivity index (χ1v) is 4.14. The summed E-state index contributed by atoms with van der Waals surface area (Å²) in [5, 5.41) is 0. The quantitative estimate of drug-likeness (QED) is 0.709. The van der Waals surface area contributed by atoms with E-state index in [0.717, 1.165) is 11.4 Å². The summed E-state index contributed by atoms with van der Waals surface area (Å²) in [7, 11) is 3.88. The molecule has 0 radical (unpaired) electrons. The average molecular weight is 181 g/mol. The first kappa shape index (κ1) is 9.95. The summed E-state index contributed by atoms with van der Waals surface area (Å²) in [6, 6.07) is 3.83. The van der Waals surface area contributed by atoms with Crippen molar-refractivity contribution in [3.8, 4) is 0 Å². The van der Waals surface area contributed by atoms with Gasteiger partial charge in [-0.15, -0.1) is 0 Å². The van der Waals surface area contributed by atoms with Crippen LogP contribution in [-0.4, -0.2) is 19.1 Å². The molecule has 1 atom stereocenters. The Morgan fingerprint density at radius 2 is 2.23 bits per heavy atom. The topological polar surface area (TPSA) is 51.4 Å². The molecule has 0 aliphatic rings. The fourth-order valence-corrected chi connectivity index (χ4v) is 1.17. The lowest BCUT2D eigenvalue weighted by molar-refractivity contribution is 0.0665. The van der Waals surface area contributed by atoms with Crippen molar-refractivity contribution < 1.29 is 4.84 Å². The van der Waals surface area contributed by atoms with E-state index in [0.29, 0.717) is 0 Å².